The second-order valence-electron chi connectivity index (χ2n) is 17.8. The second-order valence-corrected chi connectivity index (χ2v) is 27.4. The van der Waals surface area contributed by atoms with Gasteiger partial charge >= 0.3 is 0 Å². The SMILES string of the molecule is CC(C)(C)[Si](C)(C)OC[C@@]1(O)CC[C@]23C[C@H]1C[C@@H]2CC[C@H]1[C@](C)(CO[Si](C)(C)C(C)(C)C)[C@H](O)CC[C@@]13C. The Morgan fingerprint density at radius 1 is 0.763 bits per heavy atom. The van der Waals surface area contributed by atoms with Gasteiger partial charge in [-0.2, -0.15) is 0 Å². The summed E-state index contributed by atoms with van der Waals surface area (Å²) in [5.41, 5.74) is -0.425. The molecule has 4 aliphatic carbocycles. The third-order valence-corrected chi connectivity index (χ3v) is 22.9. The molecule has 6 heteroatoms. The van der Waals surface area contributed by atoms with Crippen LogP contribution in [0.1, 0.15) is 107 Å². The van der Waals surface area contributed by atoms with Gasteiger partial charge in [-0.15, -0.1) is 0 Å². The molecule has 4 rings (SSSR count). The van der Waals surface area contributed by atoms with Crippen molar-refractivity contribution in [1.82, 2.24) is 0 Å². The van der Waals surface area contributed by atoms with Crippen LogP contribution in [0.25, 0.3) is 0 Å². The fourth-order valence-corrected chi connectivity index (χ4v) is 11.1. The van der Waals surface area contributed by atoms with Crippen molar-refractivity contribution in [2.75, 3.05) is 13.2 Å². The number of rotatable bonds is 6. The first-order valence-electron chi connectivity index (χ1n) is 15.7. The van der Waals surface area contributed by atoms with E-state index in [4.69, 9.17) is 8.85 Å². The highest BCUT2D eigenvalue weighted by atomic mass is 28.4. The lowest BCUT2D eigenvalue weighted by Gasteiger charge is -2.67. The summed E-state index contributed by atoms with van der Waals surface area (Å²) >= 11 is 0. The molecule has 1 spiro atoms. The molecule has 8 atom stereocenters. The maximum Gasteiger partial charge on any atom is 0.192 e. The summed E-state index contributed by atoms with van der Waals surface area (Å²) in [6.07, 6.45) is 8.36. The molecule has 2 N–H and O–H groups in total. The van der Waals surface area contributed by atoms with Crippen molar-refractivity contribution in [3.63, 3.8) is 0 Å². The smallest absolute Gasteiger partial charge is 0.192 e. The first kappa shape index (κ1) is 31.2. The van der Waals surface area contributed by atoms with Crippen LogP contribution in [0.15, 0.2) is 0 Å². The average molecular weight is 567 g/mol. The molecule has 4 saturated carbocycles. The Bertz CT molecular complexity index is 891. The summed E-state index contributed by atoms with van der Waals surface area (Å²) in [5, 5.41) is 23.9. The Labute approximate surface area is 237 Å². The highest BCUT2D eigenvalue weighted by Crippen LogP contribution is 2.75. The van der Waals surface area contributed by atoms with Gasteiger partial charge in [0.25, 0.3) is 0 Å². The minimum absolute atomic E-state index is 0.156. The van der Waals surface area contributed by atoms with Crippen LogP contribution < -0.4 is 0 Å². The Morgan fingerprint density at radius 3 is 1.87 bits per heavy atom. The quantitative estimate of drug-likeness (QED) is 0.319. The van der Waals surface area contributed by atoms with Gasteiger partial charge in [0, 0.05) is 12.0 Å². The Hall–Kier alpha value is 0.274. The molecule has 222 valence electrons. The van der Waals surface area contributed by atoms with Gasteiger partial charge in [-0.3, -0.25) is 0 Å². The second kappa shape index (κ2) is 9.39. The van der Waals surface area contributed by atoms with Crippen molar-refractivity contribution in [2.24, 2.45) is 34.0 Å². The number of aliphatic hydroxyl groups is 2. The monoisotopic (exact) mass is 566 g/mol. The van der Waals surface area contributed by atoms with Crippen LogP contribution >= 0.6 is 0 Å². The van der Waals surface area contributed by atoms with E-state index in [2.05, 4.69) is 81.6 Å². The minimum atomic E-state index is -1.91. The fraction of sp³-hybridized carbons (Fsp3) is 1.00. The molecule has 0 aromatic heterocycles. The van der Waals surface area contributed by atoms with Gasteiger partial charge < -0.3 is 19.1 Å². The lowest BCUT2D eigenvalue weighted by atomic mass is 9.39. The van der Waals surface area contributed by atoms with Crippen LogP contribution in [-0.4, -0.2) is 51.8 Å². The molecule has 0 amide bonds. The summed E-state index contributed by atoms with van der Waals surface area (Å²) in [6.45, 7) is 29.2. The summed E-state index contributed by atoms with van der Waals surface area (Å²) in [7, 11) is -3.82. The standard InChI is InChI=1S/C32H62O4Si2/c1-27(2,3)37(9,10)35-21-29(7)25-14-13-23-19-24-20-31(23,30(25,8)16-15-26(29)33)17-18-32(24,34)22-36-38(11,12)28(4,5)6/h23-26,33-34H,13-22H2,1-12H3/t23-,24+,25-,26+,29-,30-,31-,32-/m0/s1. The number of hydrogen-bond acceptors (Lipinski definition) is 4. The number of hydrogen-bond donors (Lipinski definition) is 2. The molecule has 4 nitrogen and oxygen atoms in total. The lowest BCUT2D eigenvalue weighted by molar-refractivity contribution is -0.214. The van der Waals surface area contributed by atoms with E-state index >= 15 is 0 Å². The van der Waals surface area contributed by atoms with Gasteiger partial charge in [0.05, 0.1) is 18.3 Å². The van der Waals surface area contributed by atoms with Crippen LogP contribution in [0, 0.1) is 34.0 Å². The topological polar surface area (TPSA) is 58.9 Å². The Kier molecular flexibility index (Phi) is 7.71. The Balaban J connectivity index is 1.57. The normalized spacial score (nSPS) is 44.1. The van der Waals surface area contributed by atoms with Crippen molar-refractivity contribution in [3.8, 4) is 0 Å². The van der Waals surface area contributed by atoms with Crippen molar-refractivity contribution in [3.05, 3.63) is 0 Å². The van der Waals surface area contributed by atoms with Gasteiger partial charge in [-0.1, -0.05) is 55.4 Å². The zero-order chi connectivity index (χ0) is 28.8. The minimum Gasteiger partial charge on any atom is -0.416 e. The van der Waals surface area contributed by atoms with Crippen LogP contribution in [0.4, 0.5) is 0 Å². The number of fused-ring (bicyclic) bond motifs is 2. The zero-order valence-corrected chi connectivity index (χ0v) is 29.1. The van der Waals surface area contributed by atoms with Crippen LogP contribution in [-0.2, 0) is 8.85 Å². The van der Waals surface area contributed by atoms with Crippen LogP contribution in [0.2, 0.25) is 36.3 Å². The van der Waals surface area contributed by atoms with Gasteiger partial charge in [-0.05, 0) is 116 Å². The van der Waals surface area contributed by atoms with Gasteiger partial charge in [0.1, 0.15) is 0 Å². The maximum atomic E-state index is 12.0. The van der Waals surface area contributed by atoms with Gasteiger partial charge in [0.2, 0.25) is 0 Å². The summed E-state index contributed by atoms with van der Waals surface area (Å²) in [5.74, 6) is 1.49. The van der Waals surface area contributed by atoms with Crippen molar-refractivity contribution < 1.29 is 19.1 Å². The van der Waals surface area contributed by atoms with Crippen LogP contribution in [0.3, 0.4) is 0 Å². The van der Waals surface area contributed by atoms with Crippen LogP contribution in [0.5, 0.6) is 0 Å². The van der Waals surface area contributed by atoms with E-state index in [0.29, 0.717) is 31.0 Å². The highest BCUT2D eigenvalue weighted by Gasteiger charge is 2.70. The highest BCUT2D eigenvalue weighted by molar-refractivity contribution is 6.74. The molecule has 0 aromatic carbocycles. The first-order valence-corrected chi connectivity index (χ1v) is 21.5. The maximum absolute atomic E-state index is 12.0. The first-order chi connectivity index (χ1) is 17.0. The fourth-order valence-electron chi connectivity index (χ4n) is 8.97. The molecule has 38 heavy (non-hydrogen) atoms. The molecule has 2 bridgehead atoms. The van der Waals surface area contributed by atoms with E-state index in [-0.39, 0.29) is 32.4 Å². The van der Waals surface area contributed by atoms with E-state index in [1.54, 1.807) is 0 Å². The van der Waals surface area contributed by atoms with E-state index in [9.17, 15) is 10.2 Å². The van der Waals surface area contributed by atoms with Crippen molar-refractivity contribution >= 4 is 16.6 Å². The molecule has 0 heterocycles. The molecule has 0 unspecified atom stereocenters. The molecule has 4 aliphatic rings. The molecule has 0 saturated heterocycles. The summed E-state index contributed by atoms with van der Waals surface area (Å²) in [6, 6.07) is 0. The third-order valence-electron chi connectivity index (χ3n) is 14.0. The largest absolute Gasteiger partial charge is 0.416 e. The van der Waals surface area contributed by atoms with E-state index in [1.165, 1.54) is 12.8 Å². The molecular weight excluding hydrogens is 505 g/mol. The predicted molar refractivity (Wildman–Crippen MR) is 163 cm³/mol. The van der Waals surface area contributed by atoms with Gasteiger partial charge in [0.15, 0.2) is 16.6 Å². The van der Waals surface area contributed by atoms with Crippen molar-refractivity contribution in [2.45, 2.75) is 155 Å². The summed E-state index contributed by atoms with van der Waals surface area (Å²) < 4.78 is 13.5. The van der Waals surface area contributed by atoms with Crippen molar-refractivity contribution in [1.29, 1.82) is 0 Å². The van der Waals surface area contributed by atoms with E-state index < -0.39 is 22.2 Å². The zero-order valence-electron chi connectivity index (χ0n) is 27.1. The third kappa shape index (κ3) is 4.67. The molecule has 0 aliphatic heterocycles. The molecular formula is C32H62O4Si2. The molecule has 0 aromatic rings. The lowest BCUT2D eigenvalue weighted by Crippen LogP contribution is -2.64. The molecule has 4 fully saturated rings. The predicted octanol–water partition coefficient (Wildman–Crippen LogP) is 8.14. The number of aliphatic hydroxyl groups excluding tert-OH is 1. The Morgan fingerprint density at radius 2 is 1.32 bits per heavy atom. The summed E-state index contributed by atoms with van der Waals surface area (Å²) in [4.78, 5) is 0. The molecule has 0 radical (unpaired) electrons. The van der Waals surface area contributed by atoms with E-state index in [1.807, 2.05) is 0 Å². The average Bonchev–Trinajstić information content (AvgIpc) is 3.13. The van der Waals surface area contributed by atoms with Gasteiger partial charge in [-0.25, -0.2) is 0 Å². The van der Waals surface area contributed by atoms with E-state index in [0.717, 1.165) is 38.5 Å².